The van der Waals surface area contributed by atoms with Crippen LogP contribution in [0.3, 0.4) is 0 Å². The normalized spacial score (nSPS) is 10.8. The monoisotopic (exact) mass is 293 g/mol. The number of rotatable bonds is 5. The van der Waals surface area contributed by atoms with Gasteiger partial charge in [-0.1, -0.05) is 24.8 Å². The predicted molar refractivity (Wildman–Crippen MR) is 79.0 cm³/mol. The second kappa shape index (κ2) is 6.86. The first kappa shape index (κ1) is 15.0. The second-order valence-corrected chi connectivity index (χ2v) is 5.69. The van der Waals surface area contributed by atoms with E-state index in [1.54, 1.807) is 6.07 Å². The smallest absolute Gasteiger partial charge is 0.159 e. The molecule has 1 nitrogen and oxygen atoms in total. The Morgan fingerprint density at radius 2 is 1.70 bits per heavy atom. The Bertz CT molecular complexity index is 599. The van der Waals surface area contributed by atoms with Gasteiger partial charge in [0.15, 0.2) is 11.6 Å². The lowest BCUT2D eigenvalue weighted by Crippen LogP contribution is -2.12. The van der Waals surface area contributed by atoms with Gasteiger partial charge in [-0.25, -0.2) is 8.78 Å². The lowest BCUT2D eigenvalue weighted by molar-refractivity contribution is 0.506. The quantitative estimate of drug-likeness (QED) is 0.869. The van der Waals surface area contributed by atoms with Gasteiger partial charge in [0.2, 0.25) is 0 Å². The van der Waals surface area contributed by atoms with Crippen molar-refractivity contribution in [3.8, 4) is 0 Å². The first-order valence-electron chi connectivity index (χ1n) is 6.53. The Kier molecular flexibility index (Phi) is 5.15. The van der Waals surface area contributed by atoms with E-state index >= 15 is 0 Å². The molecule has 0 fully saturated rings. The van der Waals surface area contributed by atoms with Crippen molar-refractivity contribution in [1.29, 1.82) is 0 Å². The average Bonchev–Trinajstić information content (AvgIpc) is 2.42. The van der Waals surface area contributed by atoms with E-state index in [1.807, 2.05) is 6.07 Å². The van der Waals surface area contributed by atoms with Crippen LogP contribution in [0.4, 0.5) is 8.78 Å². The minimum atomic E-state index is -0.813. The lowest BCUT2D eigenvalue weighted by atomic mass is 10.1. The summed E-state index contributed by atoms with van der Waals surface area (Å²) in [5, 5.41) is 3.29. The van der Waals surface area contributed by atoms with Crippen LogP contribution in [0.15, 0.2) is 46.2 Å². The van der Waals surface area contributed by atoms with Gasteiger partial charge in [-0.05, 0) is 54.9 Å². The Hall–Kier alpha value is -1.39. The van der Waals surface area contributed by atoms with Crippen LogP contribution in [-0.4, -0.2) is 6.54 Å². The highest BCUT2D eigenvalue weighted by Crippen LogP contribution is 2.30. The van der Waals surface area contributed by atoms with E-state index in [2.05, 4.69) is 31.3 Å². The predicted octanol–water partition coefficient (Wildman–Crippen LogP) is 4.53. The van der Waals surface area contributed by atoms with E-state index in [9.17, 15) is 8.78 Å². The molecule has 2 rings (SSSR count). The molecule has 1 N–H and O–H groups in total. The minimum absolute atomic E-state index is 0.697. The summed E-state index contributed by atoms with van der Waals surface area (Å²) in [7, 11) is 0. The first-order valence-corrected chi connectivity index (χ1v) is 7.35. The van der Waals surface area contributed by atoms with E-state index in [0.717, 1.165) is 24.1 Å². The van der Waals surface area contributed by atoms with Gasteiger partial charge in [0.05, 0.1) is 0 Å². The number of aryl methyl sites for hydroxylation is 1. The van der Waals surface area contributed by atoms with E-state index in [1.165, 1.54) is 29.0 Å². The Morgan fingerprint density at radius 3 is 2.35 bits per heavy atom. The summed E-state index contributed by atoms with van der Waals surface area (Å²) in [4.78, 5) is 1.72. The standard InChI is InChI=1S/C16H17F2NS/c1-3-19-10-12-4-5-13(8-11(12)2)20-14-6-7-15(17)16(18)9-14/h4-9,19H,3,10H2,1-2H3. The third kappa shape index (κ3) is 3.81. The maximum atomic E-state index is 13.2. The fraction of sp³-hybridized carbons (Fsp3) is 0.250. The third-order valence-corrected chi connectivity index (χ3v) is 3.99. The molecule has 0 aromatic heterocycles. The molecule has 0 saturated heterocycles. The van der Waals surface area contributed by atoms with Crippen LogP contribution in [0.1, 0.15) is 18.1 Å². The highest BCUT2D eigenvalue weighted by Gasteiger charge is 2.05. The Labute approximate surface area is 122 Å². The average molecular weight is 293 g/mol. The summed E-state index contributed by atoms with van der Waals surface area (Å²) >= 11 is 1.43. The molecule has 0 amide bonds. The van der Waals surface area contributed by atoms with Gasteiger partial charge >= 0.3 is 0 Å². The zero-order chi connectivity index (χ0) is 14.5. The topological polar surface area (TPSA) is 12.0 Å². The molecule has 2 aromatic rings. The molecule has 4 heteroatoms. The summed E-state index contributed by atoms with van der Waals surface area (Å²) in [6.45, 7) is 5.91. The number of halogens is 2. The molecule has 0 heterocycles. The van der Waals surface area contributed by atoms with Crippen molar-refractivity contribution in [3.63, 3.8) is 0 Å². The van der Waals surface area contributed by atoms with E-state index < -0.39 is 11.6 Å². The molecule has 0 spiro atoms. The van der Waals surface area contributed by atoms with Gasteiger partial charge in [0.25, 0.3) is 0 Å². The van der Waals surface area contributed by atoms with Crippen molar-refractivity contribution in [2.75, 3.05) is 6.54 Å². The van der Waals surface area contributed by atoms with Crippen molar-refractivity contribution in [3.05, 3.63) is 59.2 Å². The fourth-order valence-corrected chi connectivity index (χ4v) is 2.81. The molecule has 0 saturated carbocycles. The summed E-state index contributed by atoms with van der Waals surface area (Å²) in [6.07, 6.45) is 0. The second-order valence-electron chi connectivity index (χ2n) is 4.55. The van der Waals surface area contributed by atoms with Gasteiger partial charge in [-0.2, -0.15) is 0 Å². The molecular formula is C16H17F2NS. The number of benzene rings is 2. The zero-order valence-corrected chi connectivity index (χ0v) is 12.4. The van der Waals surface area contributed by atoms with E-state index in [0.29, 0.717) is 4.90 Å². The number of hydrogen-bond acceptors (Lipinski definition) is 2. The van der Waals surface area contributed by atoms with Crippen molar-refractivity contribution in [1.82, 2.24) is 5.32 Å². The molecule has 0 radical (unpaired) electrons. The summed E-state index contributed by atoms with van der Waals surface area (Å²) in [5.41, 5.74) is 2.44. The molecule has 106 valence electrons. The molecule has 20 heavy (non-hydrogen) atoms. The van der Waals surface area contributed by atoms with Crippen molar-refractivity contribution >= 4 is 11.8 Å². The zero-order valence-electron chi connectivity index (χ0n) is 11.5. The highest BCUT2D eigenvalue weighted by atomic mass is 32.2. The molecule has 0 aliphatic carbocycles. The van der Waals surface area contributed by atoms with Crippen LogP contribution >= 0.6 is 11.8 Å². The highest BCUT2D eigenvalue weighted by molar-refractivity contribution is 7.99. The van der Waals surface area contributed by atoms with Gasteiger partial charge in [0.1, 0.15) is 0 Å². The third-order valence-electron chi connectivity index (χ3n) is 3.01. The fourth-order valence-electron chi connectivity index (χ4n) is 1.87. The number of hydrogen-bond donors (Lipinski definition) is 1. The first-order chi connectivity index (χ1) is 9.60. The molecule has 0 bridgehead atoms. The van der Waals surface area contributed by atoms with Gasteiger partial charge < -0.3 is 5.32 Å². The molecule has 0 aliphatic rings. The van der Waals surface area contributed by atoms with Crippen molar-refractivity contribution in [2.45, 2.75) is 30.2 Å². The minimum Gasteiger partial charge on any atom is -0.313 e. The Balaban J connectivity index is 2.13. The molecule has 0 aliphatic heterocycles. The summed E-state index contributed by atoms with van der Waals surface area (Å²) < 4.78 is 26.0. The maximum absolute atomic E-state index is 13.2. The number of nitrogens with one attached hydrogen (secondary N) is 1. The van der Waals surface area contributed by atoms with Crippen LogP contribution in [0.2, 0.25) is 0 Å². The van der Waals surface area contributed by atoms with Gasteiger partial charge in [0, 0.05) is 16.3 Å². The summed E-state index contributed by atoms with van der Waals surface area (Å²) in [6, 6.07) is 10.1. The van der Waals surface area contributed by atoms with Crippen LogP contribution in [0.5, 0.6) is 0 Å². The summed E-state index contributed by atoms with van der Waals surface area (Å²) in [5.74, 6) is -1.62. The van der Waals surface area contributed by atoms with Crippen molar-refractivity contribution in [2.24, 2.45) is 0 Å². The van der Waals surface area contributed by atoms with Crippen LogP contribution < -0.4 is 5.32 Å². The van der Waals surface area contributed by atoms with Crippen LogP contribution in [0, 0.1) is 18.6 Å². The van der Waals surface area contributed by atoms with Crippen LogP contribution in [-0.2, 0) is 6.54 Å². The van der Waals surface area contributed by atoms with Crippen molar-refractivity contribution < 1.29 is 8.78 Å². The maximum Gasteiger partial charge on any atom is 0.159 e. The van der Waals surface area contributed by atoms with E-state index in [-0.39, 0.29) is 0 Å². The molecule has 0 atom stereocenters. The molecular weight excluding hydrogens is 276 g/mol. The van der Waals surface area contributed by atoms with Crippen LogP contribution in [0.25, 0.3) is 0 Å². The van der Waals surface area contributed by atoms with Gasteiger partial charge in [-0.3, -0.25) is 0 Å². The lowest BCUT2D eigenvalue weighted by Gasteiger charge is -2.09. The van der Waals surface area contributed by atoms with E-state index in [4.69, 9.17) is 0 Å². The largest absolute Gasteiger partial charge is 0.313 e. The Morgan fingerprint density at radius 1 is 1.00 bits per heavy atom. The SMILES string of the molecule is CCNCc1ccc(Sc2ccc(F)c(F)c2)cc1C. The molecule has 2 aromatic carbocycles. The molecule has 0 unspecified atom stereocenters. The van der Waals surface area contributed by atoms with Gasteiger partial charge in [-0.15, -0.1) is 0 Å².